The number of hydrogen-bond donors (Lipinski definition) is 2. The summed E-state index contributed by atoms with van der Waals surface area (Å²) in [5.74, 6) is -0.621. The Labute approximate surface area is 135 Å². The summed E-state index contributed by atoms with van der Waals surface area (Å²) in [6.45, 7) is 1.85. The molecule has 10 heteroatoms. The summed E-state index contributed by atoms with van der Waals surface area (Å²) >= 11 is 11.7. The van der Waals surface area contributed by atoms with Crippen LogP contribution >= 0.6 is 23.2 Å². The molecule has 0 fully saturated rings. The van der Waals surface area contributed by atoms with Crippen LogP contribution in [0.4, 0.5) is 0 Å². The quantitative estimate of drug-likeness (QED) is 0.807. The first kappa shape index (κ1) is 18.4. The Morgan fingerprint density at radius 2 is 2.00 bits per heavy atom. The van der Waals surface area contributed by atoms with Gasteiger partial charge in [-0.2, -0.15) is 0 Å². The lowest BCUT2D eigenvalue weighted by Gasteiger charge is -2.12. The smallest absolute Gasteiger partial charge is 0.252 e. The average molecular weight is 373 g/mol. The fourth-order valence-corrected chi connectivity index (χ4v) is 3.15. The number of carbonyl (C=O) groups is 1. The summed E-state index contributed by atoms with van der Waals surface area (Å²) in [6.07, 6.45) is 1.52. The Hall–Kier alpha value is -0.670. The molecule has 21 heavy (non-hydrogen) atoms. The van der Waals surface area contributed by atoms with E-state index >= 15 is 0 Å². The van der Waals surface area contributed by atoms with Crippen molar-refractivity contribution < 1.29 is 17.4 Å². The summed E-state index contributed by atoms with van der Waals surface area (Å²) in [7, 11) is -5.20. The molecule has 0 aliphatic heterocycles. The van der Waals surface area contributed by atoms with Crippen LogP contribution in [0.2, 0.25) is 10.0 Å². The topological polar surface area (TPSA) is 106 Å². The molecule has 1 amide bonds. The van der Waals surface area contributed by atoms with Gasteiger partial charge in [-0.25, -0.2) is 13.6 Å². The minimum absolute atomic E-state index is 0.0145. The van der Waals surface area contributed by atoms with Crippen molar-refractivity contribution in [2.75, 3.05) is 12.8 Å². The van der Waals surface area contributed by atoms with Gasteiger partial charge < -0.3 is 5.32 Å². The first-order valence-corrected chi connectivity index (χ1v) is 9.58. The van der Waals surface area contributed by atoms with Gasteiger partial charge in [0.05, 0.1) is 10.6 Å². The van der Waals surface area contributed by atoms with Gasteiger partial charge in [-0.05, 0) is 19.1 Å². The first-order chi connectivity index (χ1) is 9.54. The van der Waals surface area contributed by atoms with Crippen molar-refractivity contribution in [3.63, 3.8) is 0 Å². The van der Waals surface area contributed by atoms with Crippen molar-refractivity contribution in [3.05, 3.63) is 27.7 Å². The van der Waals surface area contributed by atoms with Gasteiger partial charge in [0, 0.05) is 33.9 Å². The Morgan fingerprint density at radius 1 is 1.43 bits per heavy atom. The molecule has 0 aromatic heterocycles. The van der Waals surface area contributed by atoms with Gasteiger partial charge >= 0.3 is 0 Å². The number of primary sulfonamides is 1. The van der Waals surface area contributed by atoms with Gasteiger partial charge in [0.15, 0.2) is 0 Å². The fourth-order valence-electron chi connectivity index (χ4n) is 1.39. The molecule has 0 radical (unpaired) electrons. The molecule has 0 saturated carbocycles. The molecule has 6 nitrogen and oxygen atoms in total. The van der Waals surface area contributed by atoms with Crippen molar-refractivity contribution in [2.45, 2.75) is 17.1 Å². The van der Waals surface area contributed by atoms with Gasteiger partial charge in [-0.3, -0.25) is 9.00 Å². The molecule has 0 aliphatic carbocycles. The van der Waals surface area contributed by atoms with E-state index in [2.05, 4.69) is 5.32 Å². The molecule has 0 spiro atoms. The van der Waals surface area contributed by atoms with E-state index in [1.54, 1.807) is 6.92 Å². The lowest BCUT2D eigenvalue weighted by Crippen LogP contribution is -2.33. The number of sulfonamides is 1. The normalized spacial score (nSPS) is 14.5. The highest BCUT2D eigenvalue weighted by Gasteiger charge is 2.21. The molecular weight excluding hydrogens is 359 g/mol. The highest BCUT2D eigenvalue weighted by atomic mass is 35.5. The highest BCUT2D eigenvalue weighted by molar-refractivity contribution is 7.89. The molecule has 3 N–H and O–H groups in total. The molecule has 118 valence electrons. The predicted molar refractivity (Wildman–Crippen MR) is 83.7 cm³/mol. The van der Waals surface area contributed by atoms with E-state index in [1.165, 1.54) is 12.3 Å². The van der Waals surface area contributed by atoms with Crippen molar-refractivity contribution >= 4 is 49.9 Å². The van der Waals surface area contributed by atoms with Gasteiger partial charge in [-0.1, -0.05) is 23.2 Å². The highest BCUT2D eigenvalue weighted by Crippen LogP contribution is 2.28. The number of nitrogens with two attached hydrogens (primary N) is 1. The maximum absolute atomic E-state index is 12.0. The zero-order valence-electron chi connectivity index (χ0n) is 11.2. The van der Waals surface area contributed by atoms with Crippen LogP contribution in [0.15, 0.2) is 17.0 Å². The van der Waals surface area contributed by atoms with Gasteiger partial charge in [-0.15, -0.1) is 0 Å². The number of nitrogens with one attached hydrogen (secondary N) is 1. The van der Waals surface area contributed by atoms with Crippen molar-refractivity contribution in [3.8, 4) is 0 Å². The van der Waals surface area contributed by atoms with E-state index in [0.717, 1.165) is 6.07 Å². The van der Waals surface area contributed by atoms with E-state index < -0.39 is 31.6 Å². The van der Waals surface area contributed by atoms with E-state index in [0.29, 0.717) is 0 Å². The SMILES string of the molecule is CC(CNC(=O)c1cc(Cl)cc(S(N)(=O)=O)c1Cl)S(C)=O. The van der Waals surface area contributed by atoms with Crippen molar-refractivity contribution in [1.82, 2.24) is 5.32 Å². The van der Waals surface area contributed by atoms with Crippen LogP contribution in [0.5, 0.6) is 0 Å². The molecule has 1 aromatic rings. The number of amides is 1. The summed E-state index contributed by atoms with van der Waals surface area (Å²) < 4.78 is 34.0. The molecule has 0 heterocycles. The second-order valence-electron chi connectivity index (χ2n) is 4.33. The molecule has 0 aliphatic rings. The third kappa shape index (κ3) is 4.93. The minimum Gasteiger partial charge on any atom is -0.351 e. The van der Waals surface area contributed by atoms with Crippen LogP contribution in [-0.4, -0.2) is 36.6 Å². The van der Waals surface area contributed by atoms with Crippen LogP contribution in [0.3, 0.4) is 0 Å². The molecule has 2 unspecified atom stereocenters. The molecule has 0 bridgehead atoms. The molecule has 0 saturated heterocycles. The van der Waals surface area contributed by atoms with Gasteiger partial charge in [0.2, 0.25) is 10.0 Å². The summed E-state index contributed by atoms with van der Waals surface area (Å²) in [5, 5.41) is 6.98. The van der Waals surface area contributed by atoms with Crippen LogP contribution in [0, 0.1) is 0 Å². The van der Waals surface area contributed by atoms with E-state index in [1.807, 2.05) is 0 Å². The van der Waals surface area contributed by atoms with E-state index in [9.17, 15) is 17.4 Å². The zero-order valence-corrected chi connectivity index (χ0v) is 14.4. The minimum atomic E-state index is -4.10. The van der Waals surface area contributed by atoms with Crippen molar-refractivity contribution in [2.24, 2.45) is 5.14 Å². The Kier molecular flexibility index (Phi) is 6.18. The number of benzene rings is 1. The lowest BCUT2D eigenvalue weighted by atomic mass is 10.2. The first-order valence-electron chi connectivity index (χ1n) is 5.66. The largest absolute Gasteiger partial charge is 0.351 e. The second-order valence-corrected chi connectivity index (χ2v) is 8.48. The molecule has 1 rings (SSSR count). The summed E-state index contributed by atoms with van der Waals surface area (Å²) in [4.78, 5) is 11.6. The lowest BCUT2D eigenvalue weighted by molar-refractivity contribution is 0.0954. The molecule has 1 aromatic carbocycles. The Balaban J connectivity index is 3.11. The molecular formula is C11H14Cl2N2O4S2. The monoisotopic (exact) mass is 372 g/mol. The van der Waals surface area contributed by atoms with Crippen LogP contribution in [0.1, 0.15) is 17.3 Å². The number of carbonyl (C=O) groups excluding carboxylic acids is 1. The summed E-state index contributed by atoms with van der Waals surface area (Å²) in [5.41, 5.74) is -0.109. The number of hydrogen-bond acceptors (Lipinski definition) is 4. The average Bonchev–Trinajstić information content (AvgIpc) is 2.36. The van der Waals surface area contributed by atoms with E-state index in [4.69, 9.17) is 28.3 Å². The Morgan fingerprint density at radius 3 is 2.48 bits per heavy atom. The van der Waals surface area contributed by atoms with Gasteiger partial charge in [0.1, 0.15) is 4.90 Å². The number of rotatable bonds is 5. The predicted octanol–water partition coefficient (Wildman–Crippen LogP) is 1.14. The second kappa shape index (κ2) is 7.06. The van der Waals surface area contributed by atoms with E-state index in [-0.39, 0.29) is 27.4 Å². The maximum Gasteiger partial charge on any atom is 0.252 e. The van der Waals surface area contributed by atoms with Gasteiger partial charge in [0.25, 0.3) is 5.91 Å². The zero-order chi connectivity index (χ0) is 16.4. The van der Waals surface area contributed by atoms with Crippen LogP contribution < -0.4 is 10.5 Å². The maximum atomic E-state index is 12.0. The third-order valence-corrected chi connectivity index (χ3v) is 5.64. The van der Waals surface area contributed by atoms with Crippen molar-refractivity contribution in [1.29, 1.82) is 0 Å². The summed E-state index contributed by atoms with van der Waals surface area (Å²) in [6, 6.07) is 2.31. The number of halogens is 2. The molecule has 2 atom stereocenters. The van der Waals surface area contributed by atoms with Crippen LogP contribution in [0.25, 0.3) is 0 Å². The third-order valence-electron chi connectivity index (χ3n) is 2.67. The Bertz CT molecular complexity index is 692. The standard InChI is InChI=1S/C11H14Cl2N2O4S2/c1-6(20(2)17)5-15-11(16)8-3-7(12)4-9(10(8)13)21(14,18)19/h3-4,6H,5H2,1-2H3,(H,15,16)(H2,14,18,19). The fraction of sp³-hybridized carbons (Fsp3) is 0.364. The van der Waals surface area contributed by atoms with Crippen LogP contribution in [-0.2, 0) is 20.8 Å².